The lowest BCUT2D eigenvalue weighted by Gasteiger charge is -2.13. The zero-order valence-electron chi connectivity index (χ0n) is 15.2. The van der Waals surface area contributed by atoms with Crippen molar-refractivity contribution >= 4 is 9.84 Å². The number of alkyl halides is 6. The van der Waals surface area contributed by atoms with E-state index in [4.69, 9.17) is 0 Å². The van der Waals surface area contributed by atoms with Crippen LogP contribution in [0.5, 0.6) is 0 Å². The van der Waals surface area contributed by atoms with E-state index in [1.807, 2.05) is 0 Å². The molecule has 30 heavy (non-hydrogen) atoms. The first kappa shape index (κ1) is 21.8. The van der Waals surface area contributed by atoms with Crippen molar-refractivity contribution < 1.29 is 34.8 Å². The minimum Gasteiger partial charge on any atom is -0.224 e. The summed E-state index contributed by atoms with van der Waals surface area (Å²) in [6.45, 7) is 1.43. The lowest BCUT2D eigenvalue weighted by molar-refractivity contribution is -0.143. The quantitative estimate of drug-likeness (QED) is 0.539. The third-order valence-electron chi connectivity index (χ3n) is 4.20. The maximum atomic E-state index is 13.1. The van der Waals surface area contributed by atoms with Gasteiger partial charge < -0.3 is 0 Å². The van der Waals surface area contributed by atoms with Gasteiger partial charge in [0.1, 0.15) is 5.69 Å². The Morgan fingerprint density at radius 2 is 1.50 bits per heavy atom. The normalized spacial score (nSPS) is 12.9. The van der Waals surface area contributed by atoms with E-state index in [2.05, 4.69) is 10.3 Å². The first-order valence-electron chi connectivity index (χ1n) is 8.37. The number of para-hydroxylation sites is 1. The molecule has 0 aliphatic carbocycles. The first-order valence-corrected chi connectivity index (χ1v) is 10.0. The molecule has 0 saturated carbocycles. The van der Waals surface area contributed by atoms with Crippen LogP contribution in [-0.4, -0.2) is 29.2 Å². The van der Waals surface area contributed by atoms with E-state index in [-0.39, 0.29) is 28.1 Å². The lowest BCUT2D eigenvalue weighted by Crippen LogP contribution is -2.11. The second-order valence-electron chi connectivity index (χ2n) is 6.21. The molecule has 0 amide bonds. The van der Waals surface area contributed by atoms with Gasteiger partial charge in [-0.2, -0.15) is 26.3 Å². The van der Waals surface area contributed by atoms with Crippen molar-refractivity contribution in [2.45, 2.75) is 24.2 Å². The van der Waals surface area contributed by atoms with Crippen LogP contribution in [0.1, 0.15) is 18.1 Å². The minimum absolute atomic E-state index is 0.0110. The van der Waals surface area contributed by atoms with E-state index in [1.165, 1.54) is 31.2 Å². The van der Waals surface area contributed by atoms with E-state index in [0.717, 1.165) is 10.9 Å². The molecule has 0 saturated heterocycles. The van der Waals surface area contributed by atoms with Crippen LogP contribution in [0.2, 0.25) is 0 Å². The number of hydrogen-bond acceptors (Lipinski definition) is 4. The molecule has 0 spiro atoms. The molecule has 0 radical (unpaired) electrons. The molecule has 1 aromatic heterocycles. The summed E-state index contributed by atoms with van der Waals surface area (Å²) in [5.74, 6) is -0.214. The van der Waals surface area contributed by atoms with Crippen LogP contribution in [-0.2, 0) is 22.2 Å². The van der Waals surface area contributed by atoms with Crippen LogP contribution in [0.4, 0.5) is 26.3 Å². The van der Waals surface area contributed by atoms with E-state index >= 15 is 0 Å². The SMILES string of the molecule is CCS(=O)(=O)c1ccccc1-n1cc(-c2cc(C(F)(F)F)cc(C(F)(F)F)c2)nn1. The maximum absolute atomic E-state index is 13.1. The monoisotopic (exact) mass is 449 g/mol. The zero-order chi connectivity index (χ0) is 22.3. The first-order chi connectivity index (χ1) is 13.8. The molecule has 0 atom stereocenters. The Hall–Kier alpha value is -2.89. The van der Waals surface area contributed by atoms with Crippen LogP contribution in [0, 0.1) is 0 Å². The molecular formula is C18H13F6N3O2S. The highest BCUT2D eigenvalue weighted by Gasteiger charge is 2.37. The number of hydrogen-bond donors (Lipinski definition) is 0. The van der Waals surface area contributed by atoms with E-state index in [9.17, 15) is 34.8 Å². The Balaban J connectivity index is 2.15. The van der Waals surface area contributed by atoms with E-state index in [0.29, 0.717) is 12.1 Å². The molecule has 3 aromatic rings. The molecule has 12 heteroatoms. The van der Waals surface area contributed by atoms with Gasteiger partial charge in [0.25, 0.3) is 0 Å². The summed E-state index contributed by atoms with van der Waals surface area (Å²) in [5, 5.41) is 7.34. The average Bonchev–Trinajstić information content (AvgIpc) is 3.16. The largest absolute Gasteiger partial charge is 0.416 e. The van der Waals surface area contributed by atoms with Gasteiger partial charge in [-0.3, -0.25) is 0 Å². The topological polar surface area (TPSA) is 64.8 Å². The third kappa shape index (κ3) is 4.32. The highest BCUT2D eigenvalue weighted by molar-refractivity contribution is 7.91. The van der Waals surface area contributed by atoms with Crippen molar-refractivity contribution in [3.05, 3.63) is 59.8 Å². The molecule has 0 aliphatic heterocycles. The maximum Gasteiger partial charge on any atom is 0.416 e. The van der Waals surface area contributed by atoms with Gasteiger partial charge in [-0.1, -0.05) is 24.3 Å². The van der Waals surface area contributed by atoms with Crippen LogP contribution in [0.3, 0.4) is 0 Å². The molecule has 0 aliphatic rings. The summed E-state index contributed by atoms with van der Waals surface area (Å²) in [5.41, 5.74) is -3.65. The smallest absolute Gasteiger partial charge is 0.224 e. The summed E-state index contributed by atoms with van der Waals surface area (Å²) < 4.78 is 104. The van der Waals surface area contributed by atoms with E-state index in [1.54, 1.807) is 0 Å². The number of aromatic nitrogens is 3. The molecule has 0 N–H and O–H groups in total. The lowest BCUT2D eigenvalue weighted by atomic mass is 10.0. The Kier molecular flexibility index (Phi) is 5.39. The summed E-state index contributed by atoms with van der Waals surface area (Å²) in [4.78, 5) is -0.0935. The van der Waals surface area contributed by atoms with Crippen molar-refractivity contribution in [1.29, 1.82) is 0 Å². The summed E-state index contributed by atoms with van der Waals surface area (Å²) in [6.07, 6.45) is -8.94. The molecule has 5 nitrogen and oxygen atoms in total. The summed E-state index contributed by atoms with van der Waals surface area (Å²) >= 11 is 0. The van der Waals surface area contributed by atoms with Gasteiger partial charge in [0.05, 0.1) is 33.7 Å². The Bertz CT molecular complexity index is 1150. The summed E-state index contributed by atoms with van der Waals surface area (Å²) in [6, 6.07) is 6.77. The molecule has 0 fully saturated rings. The Labute approximate surface area is 166 Å². The average molecular weight is 449 g/mol. The highest BCUT2D eigenvalue weighted by Crippen LogP contribution is 2.38. The van der Waals surface area contributed by atoms with Crippen LogP contribution >= 0.6 is 0 Å². The predicted octanol–water partition coefficient (Wildman–Crippen LogP) is 4.77. The van der Waals surface area contributed by atoms with Gasteiger partial charge in [-0.25, -0.2) is 13.1 Å². The minimum atomic E-state index is -5.01. The fraction of sp³-hybridized carbons (Fsp3) is 0.222. The Morgan fingerprint density at radius 3 is 2.03 bits per heavy atom. The molecule has 3 rings (SSSR count). The van der Waals surface area contributed by atoms with Gasteiger partial charge in [0.15, 0.2) is 9.84 Å². The van der Waals surface area contributed by atoms with Crippen LogP contribution in [0.15, 0.2) is 53.6 Å². The summed E-state index contributed by atoms with van der Waals surface area (Å²) in [7, 11) is -3.67. The molecule has 0 bridgehead atoms. The van der Waals surface area contributed by atoms with Crippen LogP contribution < -0.4 is 0 Å². The second-order valence-corrected chi connectivity index (χ2v) is 8.46. The van der Waals surface area contributed by atoms with Gasteiger partial charge in [0.2, 0.25) is 0 Å². The van der Waals surface area contributed by atoms with Gasteiger partial charge in [-0.15, -0.1) is 5.10 Å². The molecule has 2 aromatic carbocycles. The van der Waals surface area contributed by atoms with Crippen molar-refractivity contribution in [2.75, 3.05) is 5.75 Å². The van der Waals surface area contributed by atoms with Crippen molar-refractivity contribution in [3.63, 3.8) is 0 Å². The third-order valence-corrected chi connectivity index (χ3v) is 5.98. The molecular weight excluding hydrogens is 436 g/mol. The Morgan fingerprint density at radius 1 is 0.933 bits per heavy atom. The standard InChI is InChI=1S/C18H13F6N3O2S/c1-2-30(28,29)16-6-4-3-5-15(16)27-10-14(25-26-27)11-7-12(17(19,20)21)9-13(8-11)18(22,23)24/h3-10H,2H2,1H3. The van der Waals surface area contributed by atoms with Crippen molar-refractivity contribution in [3.8, 4) is 16.9 Å². The van der Waals surface area contributed by atoms with Gasteiger partial charge in [0, 0.05) is 5.56 Å². The molecule has 1 heterocycles. The fourth-order valence-electron chi connectivity index (χ4n) is 2.68. The number of sulfone groups is 1. The fourth-order valence-corrected chi connectivity index (χ4v) is 3.76. The number of benzene rings is 2. The molecule has 0 unspecified atom stereocenters. The number of rotatable bonds is 4. The van der Waals surface area contributed by atoms with Crippen molar-refractivity contribution in [2.24, 2.45) is 0 Å². The zero-order valence-corrected chi connectivity index (χ0v) is 16.0. The highest BCUT2D eigenvalue weighted by atomic mass is 32.2. The number of nitrogens with zero attached hydrogens (tertiary/aromatic N) is 3. The predicted molar refractivity (Wildman–Crippen MR) is 94.5 cm³/mol. The van der Waals surface area contributed by atoms with Crippen LogP contribution in [0.25, 0.3) is 16.9 Å². The number of halogens is 6. The van der Waals surface area contributed by atoms with Gasteiger partial charge >= 0.3 is 12.4 Å². The van der Waals surface area contributed by atoms with Crippen molar-refractivity contribution in [1.82, 2.24) is 15.0 Å². The van der Waals surface area contributed by atoms with E-state index < -0.39 is 38.9 Å². The van der Waals surface area contributed by atoms with Gasteiger partial charge in [-0.05, 0) is 30.3 Å². The second kappa shape index (κ2) is 7.42. The molecule has 160 valence electrons.